The summed E-state index contributed by atoms with van der Waals surface area (Å²) < 4.78 is 11.7. The maximum atomic E-state index is 13.7. The lowest BCUT2D eigenvalue weighted by atomic mass is 10.0. The Morgan fingerprint density at radius 3 is 2.40 bits per heavy atom. The highest BCUT2D eigenvalue weighted by Crippen LogP contribution is 2.27. The van der Waals surface area contributed by atoms with E-state index in [2.05, 4.69) is 11.1 Å². The van der Waals surface area contributed by atoms with Crippen molar-refractivity contribution >= 4 is 28.5 Å². The number of fused-ring (bicyclic) bond motifs is 1. The topological polar surface area (TPSA) is 95.8 Å². The Labute approximate surface area is 246 Å². The molecule has 1 aliphatic heterocycles. The number of carbonyl (C=O) groups is 2. The minimum absolute atomic E-state index is 0.0152. The number of hydrogen-bond acceptors (Lipinski definition) is 6. The van der Waals surface area contributed by atoms with Gasteiger partial charge in [0.05, 0.1) is 23.7 Å². The number of piperidine rings is 1. The molecular weight excluding hydrogens is 528 g/mol. The molecule has 214 valence electrons. The van der Waals surface area contributed by atoms with Crippen LogP contribution in [0.1, 0.15) is 55.1 Å². The quantitative estimate of drug-likeness (QED) is 0.259. The zero-order valence-electron chi connectivity index (χ0n) is 24.1. The van der Waals surface area contributed by atoms with E-state index in [0.717, 1.165) is 22.0 Å². The first-order valence-electron chi connectivity index (χ1n) is 14.1. The number of nitrogens with zero attached hydrogens (tertiary/aromatic N) is 4. The molecule has 0 aliphatic carbocycles. The molecule has 0 bridgehead atoms. The van der Waals surface area contributed by atoms with Crippen molar-refractivity contribution in [1.82, 2.24) is 9.88 Å². The number of pyridine rings is 1. The van der Waals surface area contributed by atoms with Gasteiger partial charge in [-0.1, -0.05) is 18.2 Å². The van der Waals surface area contributed by atoms with E-state index in [1.54, 1.807) is 40.4 Å². The number of hydrogen-bond donors (Lipinski definition) is 0. The Hall–Kier alpha value is -4.90. The third-order valence-electron chi connectivity index (χ3n) is 7.07. The standard InChI is InChI=1S/C34H34N4O4/c1-34(2,3)42-33(40)37-17-14-31(15-18-37)41-30-12-10-29(11-13-30)38(32(39)27-5-4-16-36-22-27)23-25-7-9-26-8-6-24(21-35)19-28(26)20-25/h4-13,16,19-20,22,31H,14-15,17-18,23H2,1-3H3. The van der Waals surface area contributed by atoms with Crippen molar-refractivity contribution in [3.8, 4) is 11.8 Å². The first kappa shape index (κ1) is 28.6. The average molecular weight is 563 g/mol. The summed E-state index contributed by atoms with van der Waals surface area (Å²) in [7, 11) is 0. The Morgan fingerprint density at radius 2 is 1.74 bits per heavy atom. The van der Waals surface area contributed by atoms with Crippen molar-refractivity contribution in [3.05, 3.63) is 102 Å². The van der Waals surface area contributed by atoms with E-state index < -0.39 is 5.60 Å². The van der Waals surface area contributed by atoms with Gasteiger partial charge in [-0.25, -0.2) is 4.79 Å². The number of benzene rings is 3. The molecule has 5 rings (SSSR count). The highest BCUT2D eigenvalue weighted by atomic mass is 16.6. The second-order valence-corrected chi connectivity index (χ2v) is 11.4. The van der Waals surface area contributed by atoms with Crippen LogP contribution in [0.25, 0.3) is 10.8 Å². The third-order valence-corrected chi connectivity index (χ3v) is 7.07. The number of amides is 2. The molecule has 4 aromatic rings. The SMILES string of the molecule is CC(C)(C)OC(=O)N1CCC(Oc2ccc(N(Cc3ccc4ccc(C#N)cc4c3)C(=O)c3cccnc3)cc2)CC1. The largest absolute Gasteiger partial charge is 0.490 e. The maximum absolute atomic E-state index is 13.7. The van der Waals surface area contributed by atoms with Crippen molar-refractivity contribution in [2.45, 2.75) is 51.9 Å². The van der Waals surface area contributed by atoms with E-state index >= 15 is 0 Å². The Morgan fingerprint density at radius 1 is 1.00 bits per heavy atom. The van der Waals surface area contributed by atoms with Crippen LogP contribution in [0, 0.1) is 11.3 Å². The van der Waals surface area contributed by atoms with Crippen molar-refractivity contribution in [2.24, 2.45) is 0 Å². The molecule has 0 unspecified atom stereocenters. The van der Waals surface area contributed by atoms with Gasteiger partial charge < -0.3 is 19.3 Å². The van der Waals surface area contributed by atoms with Gasteiger partial charge in [0.2, 0.25) is 0 Å². The van der Waals surface area contributed by atoms with Crippen LogP contribution in [0.4, 0.5) is 10.5 Å². The van der Waals surface area contributed by atoms with E-state index in [-0.39, 0.29) is 18.1 Å². The smallest absolute Gasteiger partial charge is 0.410 e. The predicted octanol–water partition coefficient (Wildman–Crippen LogP) is 6.73. The molecule has 0 radical (unpaired) electrons. The summed E-state index contributed by atoms with van der Waals surface area (Å²) >= 11 is 0. The van der Waals surface area contributed by atoms with E-state index in [9.17, 15) is 14.9 Å². The van der Waals surface area contributed by atoms with Crippen LogP contribution >= 0.6 is 0 Å². The lowest BCUT2D eigenvalue weighted by Gasteiger charge is -2.33. The van der Waals surface area contributed by atoms with Crippen LogP contribution in [0.5, 0.6) is 5.75 Å². The van der Waals surface area contributed by atoms with Crippen LogP contribution in [0.15, 0.2) is 85.2 Å². The number of aromatic nitrogens is 1. The normalized spacial score (nSPS) is 13.8. The average Bonchev–Trinajstić information content (AvgIpc) is 2.99. The summed E-state index contributed by atoms with van der Waals surface area (Å²) in [5, 5.41) is 11.3. The fraction of sp³-hybridized carbons (Fsp3) is 0.294. The van der Waals surface area contributed by atoms with Crippen molar-refractivity contribution in [1.29, 1.82) is 5.26 Å². The monoisotopic (exact) mass is 562 g/mol. The summed E-state index contributed by atoms with van der Waals surface area (Å²) in [6.07, 6.45) is 4.32. The lowest BCUT2D eigenvalue weighted by molar-refractivity contribution is 0.0126. The summed E-state index contributed by atoms with van der Waals surface area (Å²) in [5.74, 6) is 0.537. The van der Waals surface area contributed by atoms with Crippen LogP contribution in [0.3, 0.4) is 0 Å². The number of ether oxygens (including phenoxy) is 2. The van der Waals surface area contributed by atoms with Crippen LogP contribution in [0.2, 0.25) is 0 Å². The van der Waals surface area contributed by atoms with E-state index in [1.807, 2.05) is 75.4 Å². The second-order valence-electron chi connectivity index (χ2n) is 11.4. The molecule has 1 aliphatic rings. The molecular formula is C34H34N4O4. The van der Waals surface area contributed by atoms with Gasteiger partial charge in [0.1, 0.15) is 17.5 Å². The first-order valence-corrected chi connectivity index (χ1v) is 14.1. The number of rotatable bonds is 6. The maximum Gasteiger partial charge on any atom is 0.410 e. The van der Waals surface area contributed by atoms with Crippen LogP contribution in [-0.2, 0) is 11.3 Å². The van der Waals surface area contributed by atoms with Crippen LogP contribution < -0.4 is 9.64 Å². The molecule has 0 spiro atoms. The predicted molar refractivity (Wildman–Crippen MR) is 161 cm³/mol. The third kappa shape index (κ3) is 7.05. The molecule has 8 heteroatoms. The van der Waals surface area contributed by atoms with Gasteiger partial charge >= 0.3 is 6.09 Å². The summed E-state index contributed by atoms with van der Waals surface area (Å²) in [5.41, 5.74) is 2.22. The molecule has 1 aromatic heterocycles. The minimum Gasteiger partial charge on any atom is -0.490 e. The fourth-order valence-electron chi connectivity index (χ4n) is 4.95. The van der Waals surface area contributed by atoms with E-state index in [0.29, 0.717) is 49.4 Å². The zero-order valence-corrected chi connectivity index (χ0v) is 24.1. The van der Waals surface area contributed by atoms with Crippen molar-refractivity contribution in [2.75, 3.05) is 18.0 Å². The van der Waals surface area contributed by atoms with Gasteiger partial charge in [0.25, 0.3) is 5.91 Å². The van der Waals surface area contributed by atoms with Crippen molar-refractivity contribution in [3.63, 3.8) is 0 Å². The molecule has 1 saturated heterocycles. The fourth-order valence-corrected chi connectivity index (χ4v) is 4.95. The zero-order chi connectivity index (χ0) is 29.7. The molecule has 3 aromatic carbocycles. The number of anilines is 1. The molecule has 0 saturated carbocycles. The van der Waals surface area contributed by atoms with Gasteiger partial charge in [-0.3, -0.25) is 9.78 Å². The number of likely N-dealkylation sites (tertiary alicyclic amines) is 1. The molecule has 0 atom stereocenters. The van der Waals surface area contributed by atoms with Gasteiger partial charge in [0, 0.05) is 44.0 Å². The summed E-state index contributed by atoms with van der Waals surface area (Å²) in [6.45, 7) is 7.08. The van der Waals surface area contributed by atoms with E-state index in [1.165, 1.54) is 0 Å². The molecule has 0 N–H and O–H groups in total. The van der Waals surface area contributed by atoms with Gasteiger partial charge in [-0.15, -0.1) is 0 Å². The summed E-state index contributed by atoms with van der Waals surface area (Å²) in [4.78, 5) is 33.6. The second kappa shape index (κ2) is 12.3. The van der Waals surface area contributed by atoms with Crippen molar-refractivity contribution < 1.29 is 19.1 Å². The number of carbonyl (C=O) groups excluding carboxylic acids is 2. The van der Waals surface area contributed by atoms with E-state index in [4.69, 9.17) is 9.47 Å². The molecule has 8 nitrogen and oxygen atoms in total. The minimum atomic E-state index is -0.520. The Bertz CT molecular complexity index is 1600. The van der Waals surface area contributed by atoms with Gasteiger partial charge in [-0.2, -0.15) is 5.26 Å². The molecule has 1 fully saturated rings. The highest BCUT2D eigenvalue weighted by molar-refractivity contribution is 6.05. The summed E-state index contributed by atoms with van der Waals surface area (Å²) in [6, 6.07) is 24.8. The lowest BCUT2D eigenvalue weighted by Crippen LogP contribution is -2.44. The molecule has 2 amide bonds. The van der Waals surface area contributed by atoms with Gasteiger partial charge in [0.15, 0.2) is 0 Å². The Kier molecular flexibility index (Phi) is 8.39. The highest BCUT2D eigenvalue weighted by Gasteiger charge is 2.28. The number of nitriles is 1. The van der Waals surface area contributed by atoms with Crippen LogP contribution in [-0.4, -0.2) is 46.7 Å². The molecule has 42 heavy (non-hydrogen) atoms. The van der Waals surface area contributed by atoms with Gasteiger partial charge in [-0.05, 0) is 91.7 Å². The molecule has 2 heterocycles. The first-order chi connectivity index (χ1) is 20.2. The Balaban J connectivity index is 1.31.